The summed E-state index contributed by atoms with van der Waals surface area (Å²) in [5.74, 6) is -1.68. The second-order valence-electron chi connectivity index (χ2n) is 5.27. The molecular formula is C12H23NO4S. The van der Waals surface area contributed by atoms with Crippen LogP contribution in [0.25, 0.3) is 0 Å². The highest BCUT2D eigenvalue weighted by Gasteiger charge is 2.35. The Morgan fingerprint density at radius 1 is 1.22 bits per heavy atom. The second kappa shape index (κ2) is 6.52. The fourth-order valence-electron chi connectivity index (χ4n) is 2.42. The van der Waals surface area contributed by atoms with E-state index in [2.05, 4.69) is 4.90 Å². The molecule has 1 saturated heterocycles. The summed E-state index contributed by atoms with van der Waals surface area (Å²) in [6.45, 7) is 5.58. The largest absolute Gasteiger partial charge is 0.480 e. The van der Waals surface area contributed by atoms with E-state index in [9.17, 15) is 13.2 Å². The summed E-state index contributed by atoms with van der Waals surface area (Å²) in [6.07, 6.45) is 3.41. The zero-order valence-corrected chi connectivity index (χ0v) is 11.9. The molecule has 106 valence electrons. The van der Waals surface area contributed by atoms with Crippen molar-refractivity contribution in [1.82, 2.24) is 4.90 Å². The normalized spacial score (nSPS) is 19.9. The first-order valence-corrected chi connectivity index (χ1v) is 8.23. The van der Waals surface area contributed by atoms with Crippen molar-refractivity contribution >= 4 is 15.8 Å². The van der Waals surface area contributed by atoms with Crippen molar-refractivity contribution in [2.75, 3.05) is 25.4 Å². The molecule has 0 spiro atoms. The first-order valence-electron chi connectivity index (χ1n) is 6.51. The third-order valence-corrected chi connectivity index (χ3v) is 5.65. The monoisotopic (exact) mass is 277 g/mol. The summed E-state index contributed by atoms with van der Waals surface area (Å²) in [5.41, 5.74) is 0. The summed E-state index contributed by atoms with van der Waals surface area (Å²) < 4.78 is 24.1. The summed E-state index contributed by atoms with van der Waals surface area (Å²) >= 11 is 0. The van der Waals surface area contributed by atoms with E-state index in [0.29, 0.717) is 6.54 Å². The van der Waals surface area contributed by atoms with Gasteiger partial charge in [0.2, 0.25) is 0 Å². The SMILES string of the molecule is CC(C)C(C(=O)O)S(=O)(=O)CCN1CCCCC1. The smallest absolute Gasteiger partial charge is 0.322 e. The molecule has 18 heavy (non-hydrogen) atoms. The Morgan fingerprint density at radius 2 is 1.78 bits per heavy atom. The average Bonchev–Trinajstić information content (AvgIpc) is 2.26. The van der Waals surface area contributed by atoms with Crippen LogP contribution in [0.15, 0.2) is 0 Å². The van der Waals surface area contributed by atoms with Gasteiger partial charge >= 0.3 is 5.97 Å². The van der Waals surface area contributed by atoms with E-state index in [1.807, 2.05) is 0 Å². The van der Waals surface area contributed by atoms with Crippen LogP contribution in [0.2, 0.25) is 0 Å². The molecule has 1 N–H and O–H groups in total. The molecule has 5 nitrogen and oxygen atoms in total. The van der Waals surface area contributed by atoms with Crippen LogP contribution < -0.4 is 0 Å². The van der Waals surface area contributed by atoms with Crippen LogP contribution in [0, 0.1) is 5.92 Å². The number of carboxylic acid groups (broad SMARTS) is 1. The van der Waals surface area contributed by atoms with Crippen molar-refractivity contribution in [2.24, 2.45) is 5.92 Å². The molecule has 6 heteroatoms. The van der Waals surface area contributed by atoms with Gasteiger partial charge in [0, 0.05) is 6.54 Å². The lowest BCUT2D eigenvalue weighted by atomic mass is 10.1. The van der Waals surface area contributed by atoms with Crippen LogP contribution in [0.5, 0.6) is 0 Å². The highest BCUT2D eigenvalue weighted by atomic mass is 32.2. The molecule has 1 aliphatic heterocycles. The van der Waals surface area contributed by atoms with E-state index < -0.39 is 27.0 Å². The van der Waals surface area contributed by atoms with Gasteiger partial charge in [-0.1, -0.05) is 20.3 Å². The topological polar surface area (TPSA) is 74.7 Å². The molecule has 0 radical (unpaired) electrons. The Hall–Kier alpha value is -0.620. The quantitative estimate of drug-likeness (QED) is 0.784. The molecule has 0 bridgehead atoms. The molecule has 0 saturated carbocycles. The highest BCUT2D eigenvalue weighted by Crippen LogP contribution is 2.15. The van der Waals surface area contributed by atoms with Crippen molar-refractivity contribution in [3.63, 3.8) is 0 Å². The number of likely N-dealkylation sites (tertiary alicyclic amines) is 1. The van der Waals surface area contributed by atoms with Crippen LogP contribution in [0.1, 0.15) is 33.1 Å². The standard InChI is InChI=1S/C12H23NO4S/c1-10(2)11(12(14)15)18(16,17)9-8-13-6-4-3-5-7-13/h10-11H,3-9H2,1-2H3,(H,14,15). The van der Waals surface area contributed by atoms with Gasteiger partial charge in [-0.25, -0.2) is 8.42 Å². The van der Waals surface area contributed by atoms with Crippen LogP contribution in [0.4, 0.5) is 0 Å². The molecule has 0 amide bonds. The summed E-state index contributed by atoms with van der Waals surface area (Å²) in [7, 11) is -3.56. The first kappa shape index (κ1) is 15.4. The second-order valence-corrected chi connectivity index (χ2v) is 7.51. The molecule has 1 unspecified atom stereocenters. The van der Waals surface area contributed by atoms with Crippen molar-refractivity contribution in [1.29, 1.82) is 0 Å². The number of piperidine rings is 1. The maximum atomic E-state index is 12.0. The molecule has 1 fully saturated rings. The van der Waals surface area contributed by atoms with E-state index in [-0.39, 0.29) is 5.75 Å². The molecule has 1 aliphatic rings. The number of rotatable bonds is 6. The number of sulfone groups is 1. The zero-order valence-electron chi connectivity index (χ0n) is 11.1. The van der Waals surface area contributed by atoms with Gasteiger partial charge in [-0.15, -0.1) is 0 Å². The minimum atomic E-state index is -3.56. The average molecular weight is 277 g/mol. The van der Waals surface area contributed by atoms with Crippen LogP contribution in [0.3, 0.4) is 0 Å². The minimum absolute atomic E-state index is 0.0534. The van der Waals surface area contributed by atoms with Gasteiger partial charge in [0.1, 0.15) is 0 Å². The minimum Gasteiger partial charge on any atom is -0.480 e. The van der Waals surface area contributed by atoms with Crippen molar-refractivity contribution in [3.05, 3.63) is 0 Å². The third kappa shape index (κ3) is 4.24. The van der Waals surface area contributed by atoms with Gasteiger partial charge in [0.05, 0.1) is 5.75 Å². The Labute approximate surface area is 109 Å². The Bertz CT molecular complexity index is 372. The van der Waals surface area contributed by atoms with E-state index in [1.54, 1.807) is 13.8 Å². The molecular weight excluding hydrogens is 254 g/mol. The molecule has 1 heterocycles. The van der Waals surface area contributed by atoms with Gasteiger partial charge in [-0.05, 0) is 31.8 Å². The predicted molar refractivity (Wildman–Crippen MR) is 70.3 cm³/mol. The van der Waals surface area contributed by atoms with Gasteiger partial charge in [-0.3, -0.25) is 4.79 Å². The van der Waals surface area contributed by atoms with Gasteiger partial charge in [0.15, 0.2) is 15.1 Å². The van der Waals surface area contributed by atoms with Gasteiger partial charge in [-0.2, -0.15) is 0 Å². The van der Waals surface area contributed by atoms with Crippen molar-refractivity contribution < 1.29 is 18.3 Å². The van der Waals surface area contributed by atoms with E-state index in [1.165, 1.54) is 6.42 Å². The lowest BCUT2D eigenvalue weighted by molar-refractivity contribution is -0.137. The number of hydrogen-bond acceptors (Lipinski definition) is 4. The summed E-state index contributed by atoms with van der Waals surface area (Å²) in [4.78, 5) is 13.2. The Balaban J connectivity index is 2.59. The number of nitrogens with zero attached hydrogens (tertiary/aromatic N) is 1. The van der Waals surface area contributed by atoms with E-state index in [4.69, 9.17) is 5.11 Å². The van der Waals surface area contributed by atoms with Crippen LogP contribution in [-0.2, 0) is 14.6 Å². The number of carbonyl (C=O) groups is 1. The first-order chi connectivity index (χ1) is 8.34. The highest BCUT2D eigenvalue weighted by molar-refractivity contribution is 7.92. The fourth-order valence-corrected chi connectivity index (χ4v) is 4.32. The van der Waals surface area contributed by atoms with E-state index in [0.717, 1.165) is 25.9 Å². The molecule has 0 aromatic rings. The number of carboxylic acids is 1. The number of hydrogen-bond donors (Lipinski definition) is 1. The molecule has 0 aromatic heterocycles. The maximum absolute atomic E-state index is 12.0. The summed E-state index contributed by atoms with van der Waals surface area (Å²) in [6, 6.07) is 0. The van der Waals surface area contributed by atoms with Crippen LogP contribution >= 0.6 is 0 Å². The lowest BCUT2D eigenvalue weighted by Crippen LogP contribution is -2.41. The lowest BCUT2D eigenvalue weighted by Gasteiger charge is -2.27. The predicted octanol–water partition coefficient (Wildman–Crippen LogP) is 0.996. The fraction of sp³-hybridized carbons (Fsp3) is 0.917. The Morgan fingerprint density at radius 3 is 2.22 bits per heavy atom. The van der Waals surface area contributed by atoms with Gasteiger partial charge in [0.25, 0.3) is 0 Å². The van der Waals surface area contributed by atoms with Crippen molar-refractivity contribution in [2.45, 2.75) is 38.4 Å². The van der Waals surface area contributed by atoms with Gasteiger partial charge < -0.3 is 10.0 Å². The van der Waals surface area contributed by atoms with E-state index >= 15 is 0 Å². The zero-order chi connectivity index (χ0) is 13.8. The molecule has 0 aromatic carbocycles. The molecule has 1 atom stereocenters. The Kier molecular flexibility index (Phi) is 5.59. The number of aliphatic carboxylic acids is 1. The third-order valence-electron chi connectivity index (χ3n) is 3.38. The summed E-state index contributed by atoms with van der Waals surface area (Å²) in [5, 5.41) is 7.75. The molecule has 1 rings (SSSR count). The van der Waals surface area contributed by atoms with Crippen LogP contribution in [-0.4, -0.2) is 55.0 Å². The van der Waals surface area contributed by atoms with Crippen molar-refractivity contribution in [3.8, 4) is 0 Å². The maximum Gasteiger partial charge on any atom is 0.322 e. The molecule has 0 aliphatic carbocycles.